The van der Waals surface area contributed by atoms with Gasteiger partial charge in [0.15, 0.2) is 0 Å². The summed E-state index contributed by atoms with van der Waals surface area (Å²) in [7, 11) is 2.13. The lowest BCUT2D eigenvalue weighted by atomic mass is 9.79. The standard InChI is InChI=1S/C17H27NO/c1-13-12-17(19,10-11-18(13)5)15-8-6-14(7-9-15)16(2,3)4/h6-9,13,19H,10-12H2,1-5H3. The zero-order valence-corrected chi connectivity index (χ0v) is 12.9. The van der Waals surface area contributed by atoms with Crippen LogP contribution in [-0.2, 0) is 11.0 Å². The Labute approximate surface area is 117 Å². The van der Waals surface area contributed by atoms with Gasteiger partial charge in [-0.3, -0.25) is 0 Å². The molecule has 0 spiro atoms. The van der Waals surface area contributed by atoms with Gasteiger partial charge in [0.25, 0.3) is 0 Å². The van der Waals surface area contributed by atoms with E-state index in [9.17, 15) is 5.11 Å². The van der Waals surface area contributed by atoms with Gasteiger partial charge in [0.2, 0.25) is 0 Å². The Balaban J connectivity index is 2.22. The van der Waals surface area contributed by atoms with Crippen molar-refractivity contribution in [2.45, 2.75) is 57.6 Å². The smallest absolute Gasteiger partial charge is 0.0923 e. The molecule has 1 saturated heterocycles. The van der Waals surface area contributed by atoms with E-state index in [0.717, 1.165) is 24.9 Å². The van der Waals surface area contributed by atoms with Gasteiger partial charge in [0.1, 0.15) is 0 Å². The van der Waals surface area contributed by atoms with Crippen molar-refractivity contribution >= 4 is 0 Å². The predicted octanol–water partition coefficient (Wildman–Crippen LogP) is 3.29. The van der Waals surface area contributed by atoms with Gasteiger partial charge in [-0.25, -0.2) is 0 Å². The fourth-order valence-corrected chi connectivity index (χ4v) is 2.87. The molecule has 0 saturated carbocycles. The number of hydrogen-bond donors (Lipinski definition) is 1. The maximum Gasteiger partial charge on any atom is 0.0923 e. The third-order valence-electron chi connectivity index (χ3n) is 4.55. The molecule has 1 aliphatic rings. The molecule has 2 rings (SSSR count). The Morgan fingerprint density at radius 3 is 2.26 bits per heavy atom. The van der Waals surface area contributed by atoms with Crippen molar-refractivity contribution in [3.63, 3.8) is 0 Å². The molecule has 1 heterocycles. The summed E-state index contributed by atoms with van der Waals surface area (Å²) in [6.45, 7) is 9.80. The van der Waals surface area contributed by atoms with E-state index in [1.165, 1.54) is 5.56 Å². The molecule has 2 nitrogen and oxygen atoms in total. The van der Waals surface area contributed by atoms with Gasteiger partial charge >= 0.3 is 0 Å². The van der Waals surface area contributed by atoms with Gasteiger partial charge in [0.05, 0.1) is 5.60 Å². The average molecular weight is 261 g/mol. The van der Waals surface area contributed by atoms with Crippen LogP contribution in [0.3, 0.4) is 0 Å². The molecule has 1 N–H and O–H groups in total. The Kier molecular flexibility index (Phi) is 3.76. The van der Waals surface area contributed by atoms with Crippen LogP contribution in [0, 0.1) is 0 Å². The Morgan fingerprint density at radius 2 is 1.79 bits per heavy atom. The van der Waals surface area contributed by atoms with Crippen LogP contribution in [0.5, 0.6) is 0 Å². The molecular weight excluding hydrogens is 234 g/mol. The van der Waals surface area contributed by atoms with Gasteiger partial charge in [-0.15, -0.1) is 0 Å². The third-order valence-corrected chi connectivity index (χ3v) is 4.55. The Morgan fingerprint density at radius 1 is 1.21 bits per heavy atom. The van der Waals surface area contributed by atoms with E-state index in [0.29, 0.717) is 6.04 Å². The molecule has 1 aromatic carbocycles. The summed E-state index contributed by atoms with van der Waals surface area (Å²) in [6, 6.07) is 8.98. The molecule has 0 bridgehead atoms. The van der Waals surface area contributed by atoms with Crippen molar-refractivity contribution in [2.24, 2.45) is 0 Å². The van der Waals surface area contributed by atoms with E-state index in [2.05, 4.69) is 63.9 Å². The maximum absolute atomic E-state index is 10.9. The first-order valence-electron chi connectivity index (χ1n) is 7.26. The molecule has 0 aliphatic carbocycles. The highest BCUT2D eigenvalue weighted by Gasteiger charge is 2.36. The summed E-state index contributed by atoms with van der Waals surface area (Å²) in [5.74, 6) is 0. The number of hydrogen-bond acceptors (Lipinski definition) is 2. The molecular formula is C17H27NO. The van der Waals surface area contributed by atoms with Crippen LogP contribution in [0.4, 0.5) is 0 Å². The van der Waals surface area contributed by atoms with Crippen LogP contribution in [-0.4, -0.2) is 29.6 Å². The number of likely N-dealkylation sites (tertiary alicyclic amines) is 1. The zero-order chi connectivity index (χ0) is 14.3. The van der Waals surface area contributed by atoms with Crippen molar-refractivity contribution < 1.29 is 5.11 Å². The van der Waals surface area contributed by atoms with E-state index >= 15 is 0 Å². The highest BCUT2D eigenvalue weighted by Crippen LogP contribution is 2.36. The monoisotopic (exact) mass is 261 g/mol. The van der Waals surface area contributed by atoms with E-state index < -0.39 is 5.60 Å². The highest BCUT2D eigenvalue weighted by atomic mass is 16.3. The minimum atomic E-state index is -0.650. The molecule has 1 aromatic rings. The van der Waals surface area contributed by atoms with Gasteiger partial charge in [0, 0.05) is 12.6 Å². The SMILES string of the molecule is CC1CC(O)(c2ccc(C(C)(C)C)cc2)CCN1C. The third kappa shape index (κ3) is 3.01. The minimum absolute atomic E-state index is 0.168. The average Bonchev–Trinajstić information content (AvgIpc) is 2.34. The quantitative estimate of drug-likeness (QED) is 0.838. The molecule has 0 amide bonds. The lowest BCUT2D eigenvalue weighted by Gasteiger charge is -2.41. The second-order valence-corrected chi connectivity index (χ2v) is 7.14. The van der Waals surface area contributed by atoms with E-state index in [1.54, 1.807) is 0 Å². The van der Waals surface area contributed by atoms with Crippen LogP contribution >= 0.6 is 0 Å². The second-order valence-electron chi connectivity index (χ2n) is 7.14. The van der Waals surface area contributed by atoms with Crippen LogP contribution < -0.4 is 0 Å². The molecule has 0 aromatic heterocycles. The maximum atomic E-state index is 10.9. The fourth-order valence-electron chi connectivity index (χ4n) is 2.87. The van der Waals surface area contributed by atoms with Gasteiger partial charge < -0.3 is 10.0 Å². The Bertz CT molecular complexity index is 432. The van der Waals surface area contributed by atoms with Crippen molar-refractivity contribution in [3.8, 4) is 0 Å². The fraction of sp³-hybridized carbons (Fsp3) is 0.647. The highest BCUT2D eigenvalue weighted by molar-refractivity contribution is 5.31. The van der Waals surface area contributed by atoms with E-state index in [4.69, 9.17) is 0 Å². The summed E-state index contributed by atoms with van der Waals surface area (Å²) < 4.78 is 0. The van der Waals surface area contributed by atoms with Crippen molar-refractivity contribution in [2.75, 3.05) is 13.6 Å². The summed E-state index contributed by atoms with van der Waals surface area (Å²) >= 11 is 0. The minimum Gasteiger partial charge on any atom is -0.385 e. The Hall–Kier alpha value is -0.860. The molecule has 2 atom stereocenters. The molecule has 1 aliphatic heterocycles. The number of rotatable bonds is 1. The summed E-state index contributed by atoms with van der Waals surface area (Å²) in [6.07, 6.45) is 1.64. The molecule has 0 radical (unpaired) electrons. The first kappa shape index (κ1) is 14.5. The van der Waals surface area contributed by atoms with Gasteiger partial charge in [-0.2, -0.15) is 0 Å². The van der Waals surface area contributed by atoms with Crippen molar-refractivity contribution in [3.05, 3.63) is 35.4 Å². The molecule has 19 heavy (non-hydrogen) atoms. The van der Waals surface area contributed by atoms with Gasteiger partial charge in [-0.1, -0.05) is 45.0 Å². The van der Waals surface area contributed by atoms with E-state index in [1.807, 2.05) is 0 Å². The second kappa shape index (κ2) is 4.92. The van der Waals surface area contributed by atoms with Crippen LogP contribution in [0.15, 0.2) is 24.3 Å². The van der Waals surface area contributed by atoms with Gasteiger partial charge in [-0.05, 0) is 43.4 Å². The molecule has 2 heteroatoms. The van der Waals surface area contributed by atoms with Crippen LogP contribution in [0.2, 0.25) is 0 Å². The normalized spacial score (nSPS) is 29.5. The number of nitrogens with zero attached hydrogens (tertiary/aromatic N) is 1. The van der Waals surface area contributed by atoms with Crippen LogP contribution in [0.25, 0.3) is 0 Å². The lowest BCUT2D eigenvalue weighted by Crippen LogP contribution is -2.45. The largest absolute Gasteiger partial charge is 0.385 e. The topological polar surface area (TPSA) is 23.5 Å². The predicted molar refractivity (Wildman–Crippen MR) is 80.4 cm³/mol. The van der Waals surface area contributed by atoms with E-state index in [-0.39, 0.29) is 5.41 Å². The summed E-state index contributed by atoms with van der Waals surface area (Å²) in [4.78, 5) is 2.32. The van der Waals surface area contributed by atoms with Crippen molar-refractivity contribution in [1.29, 1.82) is 0 Å². The molecule has 106 valence electrons. The molecule has 2 unspecified atom stereocenters. The van der Waals surface area contributed by atoms with Crippen molar-refractivity contribution in [1.82, 2.24) is 4.90 Å². The number of piperidine rings is 1. The first-order chi connectivity index (χ1) is 8.72. The summed E-state index contributed by atoms with van der Waals surface area (Å²) in [5.41, 5.74) is 1.91. The first-order valence-corrected chi connectivity index (χ1v) is 7.26. The zero-order valence-electron chi connectivity index (χ0n) is 12.9. The summed E-state index contributed by atoms with van der Waals surface area (Å²) in [5, 5.41) is 10.9. The molecule has 1 fully saturated rings. The number of benzene rings is 1. The number of aliphatic hydroxyl groups is 1. The van der Waals surface area contributed by atoms with Crippen LogP contribution in [0.1, 0.15) is 51.7 Å². The lowest BCUT2D eigenvalue weighted by molar-refractivity contribution is -0.0408.